The van der Waals surface area contributed by atoms with Gasteiger partial charge in [0.15, 0.2) is 0 Å². The van der Waals surface area contributed by atoms with Crippen molar-refractivity contribution in [3.63, 3.8) is 0 Å². The van der Waals surface area contributed by atoms with Gasteiger partial charge in [-0.2, -0.15) is 0 Å². The van der Waals surface area contributed by atoms with E-state index in [4.69, 9.17) is 0 Å². The lowest BCUT2D eigenvalue weighted by Gasteiger charge is -2.27. The van der Waals surface area contributed by atoms with Crippen molar-refractivity contribution in [1.82, 2.24) is 4.57 Å². The van der Waals surface area contributed by atoms with E-state index in [9.17, 15) is 0 Å². The van der Waals surface area contributed by atoms with Gasteiger partial charge < -0.3 is 9.47 Å². The van der Waals surface area contributed by atoms with Crippen LogP contribution in [0.3, 0.4) is 0 Å². The van der Waals surface area contributed by atoms with Crippen LogP contribution in [-0.2, 0) is 0 Å². The summed E-state index contributed by atoms with van der Waals surface area (Å²) in [4.78, 5) is 2.44. The molecule has 0 amide bonds. The molecule has 0 unspecified atom stereocenters. The molecule has 10 aromatic rings. The Morgan fingerprint density at radius 1 is 0.352 bits per heavy atom. The summed E-state index contributed by atoms with van der Waals surface area (Å²) in [7, 11) is 0. The Morgan fingerprint density at radius 2 is 0.833 bits per heavy atom. The van der Waals surface area contributed by atoms with Crippen molar-refractivity contribution in [2.45, 2.75) is 0 Å². The van der Waals surface area contributed by atoms with Crippen LogP contribution in [0, 0.1) is 0 Å². The number of hydrogen-bond donors (Lipinski definition) is 0. The summed E-state index contributed by atoms with van der Waals surface area (Å²) in [6, 6.07) is 78.9. The van der Waals surface area contributed by atoms with Gasteiger partial charge in [0.2, 0.25) is 0 Å². The minimum atomic E-state index is 1.09. The molecule has 0 aliphatic heterocycles. The van der Waals surface area contributed by atoms with E-state index in [1.807, 2.05) is 0 Å². The van der Waals surface area contributed by atoms with Crippen LogP contribution in [0.5, 0.6) is 0 Å². The summed E-state index contributed by atoms with van der Waals surface area (Å²) in [6.07, 6.45) is 0. The minimum absolute atomic E-state index is 1.09. The number of rotatable bonds is 7. The maximum absolute atomic E-state index is 2.47. The van der Waals surface area contributed by atoms with Crippen molar-refractivity contribution in [2.75, 3.05) is 4.90 Å². The van der Waals surface area contributed by atoms with Gasteiger partial charge in [-0.3, -0.25) is 0 Å². The molecule has 0 atom stereocenters. The van der Waals surface area contributed by atoms with Crippen molar-refractivity contribution < 1.29 is 0 Å². The normalized spacial score (nSPS) is 11.3. The van der Waals surface area contributed by atoms with Crippen molar-refractivity contribution in [1.29, 1.82) is 0 Å². The molecule has 1 aromatic heterocycles. The monoisotopic (exact) mass is 688 g/mol. The molecular formula is C52H36N2. The molecule has 2 heteroatoms. The predicted molar refractivity (Wildman–Crippen MR) is 229 cm³/mol. The SMILES string of the molecule is c1ccc(-c2ccc(N(c3ccc(-c4ccccc4)cc3)c3cccc4c3c3c(-c5ccccc5)cc5ccccc5c3n4-c3ccccc3)cc2)cc1. The zero-order chi connectivity index (χ0) is 35.8. The van der Waals surface area contributed by atoms with Crippen molar-refractivity contribution >= 4 is 49.6 Å². The molecule has 9 aromatic carbocycles. The highest BCUT2D eigenvalue weighted by molar-refractivity contribution is 6.27. The van der Waals surface area contributed by atoms with Gasteiger partial charge in [0, 0.05) is 33.2 Å². The van der Waals surface area contributed by atoms with Gasteiger partial charge in [-0.1, -0.05) is 164 Å². The lowest BCUT2D eigenvalue weighted by molar-refractivity contribution is 1.18. The first-order chi connectivity index (χ1) is 26.8. The number of benzene rings is 9. The first kappa shape index (κ1) is 31.6. The number of anilines is 3. The smallest absolute Gasteiger partial charge is 0.0626 e. The highest BCUT2D eigenvalue weighted by Gasteiger charge is 2.25. The molecule has 0 aliphatic carbocycles. The van der Waals surface area contributed by atoms with Gasteiger partial charge in [0.1, 0.15) is 0 Å². The second-order valence-corrected chi connectivity index (χ2v) is 13.7. The number of hydrogen-bond acceptors (Lipinski definition) is 1. The van der Waals surface area contributed by atoms with E-state index in [0.717, 1.165) is 28.3 Å². The summed E-state index contributed by atoms with van der Waals surface area (Å²) in [5, 5.41) is 4.89. The molecule has 0 aliphatic rings. The van der Waals surface area contributed by atoms with Crippen LogP contribution < -0.4 is 4.90 Å². The number of nitrogens with zero attached hydrogens (tertiary/aromatic N) is 2. The van der Waals surface area contributed by atoms with E-state index >= 15 is 0 Å². The first-order valence-corrected chi connectivity index (χ1v) is 18.5. The Balaban J connectivity index is 1.30. The van der Waals surface area contributed by atoms with Crippen molar-refractivity contribution in [3.05, 3.63) is 218 Å². The average molecular weight is 689 g/mol. The highest BCUT2D eigenvalue weighted by atomic mass is 15.1. The third kappa shape index (κ3) is 5.44. The van der Waals surface area contributed by atoms with E-state index in [-0.39, 0.29) is 0 Å². The Kier molecular flexibility index (Phi) is 7.85. The number of fused-ring (bicyclic) bond motifs is 5. The first-order valence-electron chi connectivity index (χ1n) is 18.5. The quantitative estimate of drug-likeness (QED) is 0.162. The summed E-state index contributed by atoms with van der Waals surface area (Å²) in [6.45, 7) is 0. The van der Waals surface area contributed by atoms with Crippen LogP contribution in [-0.4, -0.2) is 4.57 Å². The summed E-state index contributed by atoms with van der Waals surface area (Å²) >= 11 is 0. The molecule has 0 saturated carbocycles. The van der Waals surface area contributed by atoms with Gasteiger partial charge in [-0.15, -0.1) is 0 Å². The van der Waals surface area contributed by atoms with E-state index in [0.29, 0.717) is 0 Å². The lowest BCUT2D eigenvalue weighted by atomic mass is 9.94. The molecule has 54 heavy (non-hydrogen) atoms. The van der Waals surface area contributed by atoms with E-state index in [1.165, 1.54) is 60.4 Å². The third-order valence-electron chi connectivity index (χ3n) is 10.6. The molecule has 1 heterocycles. The Hall–Kier alpha value is -7.16. The van der Waals surface area contributed by atoms with Crippen LogP contribution in [0.2, 0.25) is 0 Å². The Bertz CT molecular complexity index is 2790. The molecule has 0 saturated heterocycles. The van der Waals surface area contributed by atoms with Crippen LogP contribution >= 0.6 is 0 Å². The van der Waals surface area contributed by atoms with E-state index < -0.39 is 0 Å². The fourth-order valence-electron chi connectivity index (χ4n) is 8.08. The zero-order valence-corrected chi connectivity index (χ0v) is 29.7. The lowest BCUT2D eigenvalue weighted by Crippen LogP contribution is -2.10. The Morgan fingerprint density at radius 3 is 1.41 bits per heavy atom. The van der Waals surface area contributed by atoms with Gasteiger partial charge >= 0.3 is 0 Å². The molecule has 0 spiro atoms. The molecule has 2 nitrogen and oxygen atoms in total. The largest absolute Gasteiger partial charge is 0.310 e. The minimum Gasteiger partial charge on any atom is -0.310 e. The summed E-state index contributed by atoms with van der Waals surface area (Å²) in [5.41, 5.74) is 14.0. The maximum atomic E-state index is 2.47. The van der Waals surface area contributed by atoms with Gasteiger partial charge in [-0.25, -0.2) is 0 Å². The van der Waals surface area contributed by atoms with Gasteiger partial charge in [0.25, 0.3) is 0 Å². The van der Waals surface area contributed by atoms with Crippen LogP contribution in [0.15, 0.2) is 218 Å². The molecular weight excluding hydrogens is 653 g/mol. The fourth-order valence-corrected chi connectivity index (χ4v) is 8.08. The third-order valence-corrected chi connectivity index (χ3v) is 10.6. The topological polar surface area (TPSA) is 8.17 Å². The van der Waals surface area contributed by atoms with E-state index in [1.54, 1.807) is 0 Å². The second-order valence-electron chi connectivity index (χ2n) is 13.7. The molecule has 254 valence electrons. The van der Waals surface area contributed by atoms with Gasteiger partial charge in [-0.05, 0) is 93.4 Å². The highest BCUT2D eigenvalue weighted by Crippen LogP contribution is 2.48. The molecule has 10 rings (SSSR count). The fraction of sp³-hybridized carbons (Fsp3) is 0. The van der Waals surface area contributed by atoms with Crippen LogP contribution in [0.1, 0.15) is 0 Å². The number of aromatic nitrogens is 1. The Labute approximate surface area is 315 Å². The average Bonchev–Trinajstić information content (AvgIpc) is 3.62. The summed E-state index contributed by atoms with van der Waals surface area (Å²) < 4.78 is 2.47. The zero-order valence-electron chi connectivity index (χ0n) is 29.7. The van der Waals surface area contributed by atoms with Crippen molar-refractivity contribution in [2.24, 2.45) is 0 Å². The molecule has 0 bridgehead atoms. The van der Waals surface area contributed by atoms with Crippen LogP contribution in [0.25, 0.3) is 71.6 Å². The van der Waals surface area contributed by atoms with Gasteiger partial charge in [0.05, 0.1) is 16.7 Å². The second kappa shape index (κ2) is 13.4. The maximum Gasteiger partial charge on any atom is 0.0626 e. The molecule has 0 fully saturated rings. The van der Waals surface area contributed by atoms with Crippen molar-refractivity contribution in [3.8, 4) is 39.1 Å². The van der Waals surface area contributed by atoms with E-state index in [2.05, 4.69) is 228 Å². The molecule has 0 radical (unpaired) electrons. The number of para-hydroxylation sites is 1. The predicted octanol–water partition coefficient (Wildman–Crippen LogP) is 14.4. The van der Waals surface area contributed by atoms with Crippen LogP contribution in [0.4, 0.5) is 17.1 Å². The summed E-state index contributed by atoms with van der Waals surface area (Å²) in [5.74, 6) is 0. The molecule has 0 N–H and O–H groups in total. The standard InChI is InChI=1S/C52H36N2/c1-5-16-37(17-6-1)39-28-32-44(33-29-39)53(45-34-30-40(31-35-45)38-18-7-2-8-19-38)48-26-15-27-49-51(48)50-47(41-20-9-3-10-21-41)36-42-22-13-14-25-46(42)52(50)54(49)43-23-11-4-12-24-43/h1-36H.